The van der Waals surface area contributed by atoms with E-state index in [9.17, 15) is 26.8 Å². The topological polar surface area (TPSA) is 95.6 Å². The summed E-state index contributed by atoms with van der Waals surface area (Å²) in [6.45, 7) is 1.69. The van der Waals surface area contributed by atoms with Crippen molar-refractivity contribution in [2.45, 2.75) is 13.3 Å². The second kappa shape index (κ2) is 7.78. The summed E-state index contributed by atoms with van der Waals surface area (Å²) in [5.41, 5.74) is 1.40. The monoisotopic (exact) mass is 423 g/mol. The van der Waals surface area contributed by atoms with Gasteiger partial charge in [-0.1, -0.05) is 6.07 Å². The predicted octanol–water partition coefficient (Wildman–Crippen LogP) is 2.64. The van der Waals surface area contributed by atoms with Gasteiger partial charge in [0.2, 0.25) is 21.8 Å². The Balaban J connectivity index is 1.73. The molecule has 1 unspecified atom stereocenters. The highest BCUT2D eigenvalue weighted by molar-refractivity contribution is 7.92. The van der Waals surface area contributed by atoms with Crippen LogP contribution >= 0.6 is 0 Å². The zero-order valence-corrected chi connectivity index (χ0v) is 16.5. The van der Waals surface area contributed by atoms with Gasteiger partial charge in [-0.2, -0.15) is 0 Å². The number of anilines is 3. The van der Waals surface area contributed by atoms with E-state index in [0.29, 0.717) is 23.0 Å². The molecule has 2 aromatic carbocycles. The van der Waals surface area contributed by atoms with E-state index in [2.05, 4.69) is 10.0 Å². The molecule has 1 atom stereocenters. The number of carbonyl (C=O) groups is 2. The van der Waals surface area contributed by atoms with Gasteiger partial charge in [0.25, 0.3) is 0 Å². The van der Waals surface area contributed by atoms with Gasteiger partial charge in [-0.25, -0.2) is 17.2 Å². The van der Waals surface area contributed by atoms with Crippen LogP contribution in [0.2, 0.25) is 0 Å². The zero-order valence-electron chi connectivity index (χ0n) is 15.7. The Bertz CT molecular complexity index is 1070. The summed E-state index contributed by atoms with van der Waals surface area (Å²) in [6.07, 6.45) is 0.913. The molecule has 0 radical (unpaired) electrons. The van der Waals surface area contributed by atoms with Crippen LogP contribution in [0.1, 0.15) is 12.0 Å². The fourth-order valence-electron chi connectivity index (χ4n) is 3.08. The molecule has 3 rings (SSSR count). The summed E-state index contributed by atoms with van der Waals surface area (Å²) >= 11 is 0. The van der Waals surface area contributed by atoms with Gasteiger partial charge in [-0.3, -0.25) is 14.3 Å². The number of sulfonamides is 1. The molecular formula is C19H19F2N3O4S. The number of rotatable bonds is 5. The molecule has 1 aliphatic rings. The smallest absolute Gasteiger partial charge is 0.229 e. The Hall–Kier alpha value is -3.01. The van der Waals surface area contributed by atoms with Crippen molar-refractivity contribution in [1.29, 1.82) is 0 Å². The average Bonchev–Trinajstić information content (AvgIpc) is 2.98. The quantitative estimate of drug-likeness (QED) is 0.773. The lowest BCUT2D eigenvalue weighted by Crippen LogP contribution is -2.28. The van der Waals surface area contributed by atoms with Crippen molar-refractivity contribution < 1.29 is 26.8 Å². The second-order valence-corrected chi connectivity index (χ2v) is 8.67. The number of carbonyl (C=O) groups excluding carboxylic acids is 2. The van der Waals surface area contributed by atoms with E-state index in [1.165, 1.54) is 11.0 Å². The summed E-state index contributed by atoms with van der Waals surface area (Å²) in [5, 5.41) is 2.65. The fourth-order valence-corrected chi connectivity index (χ4v) is 3.70. The molecule has 1 aliphatic heterocycles. The van der Waals surface area contributed by atoms with Gasteiger partial charge in [-0.15, -0.1) is 0 Å². The Morgan fingerprint density at radius 2 is 1.79 bits per heavy atom. The number of hydrogen-bond acceptors (Lipinski definition) is 4. The number of nitrogens with zero attached hydrogens (tertiary/aromatic N) is 1. The van der Waals surface area contributed by atoms with E-state index in [1.54, 1.807) is 19.1 Å². The lowest BCUT2D eigenvalue weighted by atomic mass is 10.1. The standard InChI is InChI=1S/C19H19F2N3O4S/c1-11-3-4-15(9-17(11)23-29(2,27)28)22-19(26)12-5-18(25)24(10-12)16-7-13(20)6-14(21)8-16/h3-4,6-9,12,23H,5,10H2,1-2H3,(H,22,26). The third kappa shape index (κ3) is 5.08. The first kappa shape index (κ1) is 20.7. The number of aryl methyl sites for hydroxylation is 1. The van der Waals surface area contributed by atoms with Gasteiger partial charge in [0.05, 0.1) is 17.9 Å². The third-order valence-electron chi connectivity index (χ3n) is 4.46. The van der Waals surface area contributed by atoms with Gasteiger partial charge in [0, 0.05) is 30.4 Å². The maximum absolute atomic E-state index is 13.4. The van der Waals surface area contributed by atoms with Crippen LogP contribution in [0.4, 0.5) is 25.8 Å². The maximum atomic E-state index is 13.4. The normalized spacial score (nSPS) is 16.8. The van der Waals surface area contributed by atoms with Crippen LogP contribution < -0.4 is 14.9 Å². The molecular weight excluding hydrogens is 404 g/mol. The van der Waals surface area contributed by atoms with E-state index < -0.39 is 39.4 Å². The third-order valence-corrected chi connectivity index (χ3v) is 5.05. The lowest BCUT2D eigenvalue weighted by molar-refractivity contribution is -0.122. The first-order valence-electron chi connectivity index (χ1n) is 8.67. The Morgan fingerprint density at radius 3 is 2.41 bits per heavy atom. The second-order valence-electron chi connectivity index (χ2n) is 6.93. The summed E-state index contributed by atoms with van der Waals surface area (Å²) in [4.78, 5) is 26.0. The Labute approximate surface area is 166 Å². The number of amides is 2. The molecule has 10 heteroatoms. The summed E-state index contributed by atoms with van der Waals surface area (Å²) in [7, 11) is -3.49. The van der Waals surface area contributed by atoms with E-state index in [4.69, 9.17) is 0 Å². The predicted molar refractivity (Wildman–Crippen MR) is 105 cm³/mol. The molecule has 0 saturated carbocycles. The number of benzene rings is 2. The van der Waals surface area contributed by atoms with Crippen molar-refractivity contribution in [2.75, 3.05) is 27.7 Å². The highest BCUT2D eigenvalue weighted by Gasteiger charge is 2.35. The lowest BCUT2D eigenvalue weighted by Gasteiger charge is -2.17. The number of halogens is 2. The van der Waals surface area contributed by atoms with Crippen molar-refractivity contribution in [3.05, 3.63) is 53.6 Å². The molecule has 1 saturated heterocycles. The van der Waals surface area contributed by atoms with Gasteiger partial charge in [0.1, 0.15) is 11.6 Å². The van der Waals surface area contributed by atoms with Crippen LogP contribution in [-0.2, 0) is 19.6 Å². The van der Waals surface area contributed by atoms with Crippen LogP contribution in [0, 0.1) is 24.5 Å². The molecule has 1 fully saturated rings. The molecule has 0 bridgehead atoms. The summed E-state index contributed by atoms with van der Waals surface area (Å²) in [5.74, 6) is -3.22. The van der Waals surface area contributed by atoms with Crippen molar-refractivity contribution >= 4 is 38.9 Å². The molecule has 0 aromatic heterocycles. The van der Waals surface area contributed by atoms with E-state index in [0.717, 1.165) is 18.4 Å². The largest absolute Gasteiger partial charge is 0.326 e. The molecule has 0 aliphatic carbocycles. The number of hydrogen-bond donors (Lipinski definition) is 2. The maximum Gasteiger partial charge on any atom is 0.229 e. The Morgan fingerprint density at radius 1 is 1.14 bits per heavy atom. The molecule has 2 N–H and O–H groups in total. The van der Waals surface area contributed by atoms with Gasteiger partial charge >= 0.3 is 0 Å². The zero-order chi connectivity index (χ0) is 21.3. The fraction of sp³-hybridized carbons (Fsp3) is 0.263. The van der Waals surface area contributed by atoms with E-state index in [1.807, 2.05) is 0 Å². The first-order valence-corrected chi connectivity index (χ1v) is 10.6. The van der Waals surface area contributed by atoms with E-state index >= 15 is 0 Å². The van der Waals surface area contributed by atoms with Gasteiger partial charge < -0.3 is 10.2 Å². The summed E-state index contributed by atoms with van der Waals surface area (Å²) < 4.78 is 52.1. The van der Waals surface area contributed by atoms with Crippen LogP contribution in [0.5, 0.6) is 0 Å². The molecule has 2 amide bonds. The van der Waals surface area contributed by atoms with Crippen LogP contribution in [-0.4, -0.2) is 33.0 Å². The van der Waals surface area contributed by atoms with Crippen molar-refractivity contribution in [2.24, 2.45) is 5.92 Å². The van der Waals surface area contributed by atoms with Crippen molar-refractivity contribution in [3.63, 3.8) is 0 Å². The van der Waals surface area contributed by atoms with Crippen LogP contribution in [0.3, 0.4) is 0 Å². The minimum Gasteiger partial charge on any atom is -0.326 e. The SMILES string of the molecule is Cc1ccc(NC(=O)C2CC(=O)N(c3cc(F)cc(F)c3)C2)cc1NS(C)(=O)=O. The highest BCUT2D eigenvalue weighted by Crippen LogP contribution is 2.28. The van der Waals surface area contributed by atoms with E-state index in [-0.39, 0.29) is 18.7 Å². The van der Waals surface area contributed by atoms with Crippen molar-refractivity contribution in [3.8, 4) is 0 Å². The van der Waals surface area contributed by atoms with Gasteiger partial charge in [-0.05, 0) is 36.8 Å². The molecule has 0 spiro atoms. The highest BCUT2D eigenvalue weighted by atomic mass is 32.2. The van der Waals surface area contributed by atoms with Gasteiger partial charge in [0.15, 0.2) is 0 Å². The molecule has 2 aromatic rings. The first-order chi connectivity index (χ1) is 13.5. The summed E-state index contributed by atoms with van der Waals surface area (Å²) in [6, 6.07) is 7.50. The molecule has 7 nitrogen and oxygen atoms in total. The van der Waals surface area contributed by atoms with Crippen molar-refractivity contribution in [1.82, 2.24) is 0 Å². The minimum absolute atomic E-state index is 0.0200. The Kier molecular flexibility index (Phi) is 5.56. The average molecular weight is 423 g/mol. The number of nitrogens with one attached hydrogen (secondary N) is 2. The van der Waals surface area contributed by atoms with Crippen LogP contribution in [0.25, 0.3) is 0 Å². The molecule has 1 heterocycles. The molecule has 29 heavy (non-hydrogen) atoms. The van der Waals surface area contributed by atoms with Crippen LogP contribution in [0.15, 0.2) is 36.4 Å². The minimum atomic E-state index is -3.49. The molecule has 154 valence electrons.